The van der Waals surface area contributed by atoms with Crippen molar-refractivity contribution < 1.29 is 58.0 Å². The van der Waals surface area contributed by atoms with Gasteiger partial charge in [0.2, 0.25) is 0 Å². The van der Waals surface area contributed by atoms with Crippen LogP contribution in [0.2, 0.25) is 26.8 Å². The van der Waals surface area contributed by atoms with Crippen LogP contribution in [0, 0.1) is 0 Å². The molecule has 144 heavy (non-hydrogen) atoms. The highest BCUT2D eigenvalue weighted by Crippen LogP contribution is 2.47. The molecule has 0 saturated carbocycles. The SMILES string of the molecule is C[n+]1c([O-])c(-c2ccccc2)c(=O)n2c1SCC2c1cnc(Cl)s1.C[n+]1c([O-])c(-c2ccccc2)c(=O)n2c1SCC2c1cnc(Cl)s1.C[n+]1c([O-])c(-c2ccccc2)c(=O)n2c1SCC2c1cnc(Cl)s1.C[n+]1c([O-])c(-c2ccccc2)c(=O)n2c1SCC2c1cnc(Cl)s1.C[n+]1c([O-])c(-c2ccccc2)c(=O)n2c1SCC2c1cnc(Cl)s1.C[n+]1c([O-])c(-c2ccccc2)c(=O)n2c1SCC2c1cnc(Cl)s1. The summed E-state index contributed by atoms with van der Waals surface area (Å²) in [5.41, 5.74) is 3.42. The van der Waals surface area contributed by atoms with Crippen LogP contribution in [-0.2, 0) is 42.3 Å². The van der Waals surface area contributed by atoms with E-state index in [0.29, 0.717) is 126 Å². The molecule has 6 aliphatic heterocycles. The lowest BCUT2D eigenvalue weighted by Gasteiger charge is -2.16. The van der Waals surface area contributed by atoms with Crippen molar-refractivity contribution in [2.24, 2.45) is 42.3 Å². The first-order valence-corrected chi connectivity index (χ1v) is 56.4. The molecule has 6 unspecified atom stereocenters. The molecule has 6 aromatic carbocycles. The first kappa shape index (κ1) is 102. The first-order chi connectivity index (χ1) is 69.5. The fourth-order valence-electron chi connectivity index (χ4n) is 17.2. The van der Waals surface area contributed by atoms with E-state index in [1.165, 1.54) is 139 Å². The Labute approximate surface area is 898 Å². The van der Waals surface area contributed by atoms with Crippen molar-refractivity contribution >= 4 is 208 Å². The number of aromatic nitrogens is 18. The van der Waals surface area contributed by atoms with E-state index in [2.05, 4.69) is 29.9 Å². The maximum Gasteiger partial charge on any atom is 0.345 e. The average molecular weight is 2270 g/mol. The van der Waals surface area contributed by atoms with Gasteiger partial charge < -0.3 is 30.6 Å². The molecular formula is C96H72Cl6N18O12S12. The van der Waals surface area contributed by atoms with E-state index in [4.69, 9.17) is 69.6 Å². The zero-order valence-electron chi connectivity index (χ0n) is 75.6. The average Bonchev–Trinajstić information content (AvgIpc) is 1.59. The molecule has 0 radical (unpaired) electrons. The third-order valence-electron chi connectivity index (χ3n) is 24.1. The molecule has 0 fully saturated rings. The molecular weight excluding hydrogens is 2190 g/mol. The molecule has 0 aliphatic carbocycles. The van der Waals surface area contributed by atoms with E-state index in [9.17, 15) is 59.4 Å². The summed E-state index contributed by atoms with van der Waals surface area (Å²) >= 11 is 52.9. The Morgan fingerprint density at radius 2 is 0.354 bits per heavy atom. The Balaban J connectivity index is 0.000000109. The van der Waals surface area contributed by atoms with E-state index in [-0.39, 0.29) is 138 Å². The van der Waals surface area contributed by atoms with Crippen LogP contribution in [0.1, 0.15) is 65.5 Å². The van der Waals surface area contributed by atoms with Crippen LogP contribution in [0.5, 0.6) is 35.3 Å². The van der Waals surface area contributed by atoms with E-state index >= 15 is 0 Å². The molecule has 30 nitrogen and oxygen atoms in total. The summed E-state index contributed by atoms with van der Waals surface area (Å²) in [5, 5.41) is 80.2. The van der Waals surface area contributed by atoms with Crippen LogP contribution in [0.4, 0.5) is 0 Å². The Kier molecular flexibility index (Phi) is 30.5. The number of nitrogens with zero attached hydrogens (tertiary/aromatic N) is 18. The minimum atomic E-state index is -0.270. The number of halogens is 6. The fourth-order valence-corrected chi connectivity index (χ4v) is 31.7. The van der Waals surface area contributed by atoms with Crippen molar-refractivity contribution in [2.75, 3.05) is 34.5 Å². The minimum Gasteiger partial charge on any atom is -0.842 e. The van der Waals surface area contributed by atoms with Gasteiger partial charge in [-0.05, 0) is 104 Å². The second-order valence-corrected chi connectivity index (χ2v) is 48.2. The topological polar surface area (TPSA) is 371 Å². The Bertz CT molecular complexity index is 7160. The van der Waals surface area contributed by atoms with Gasteiger partial charge >= 0.3 is 64.3 Å². The van der Waals surface area contributed by atoms with Crippen LogP contribution < -0.4 is 91.4 Å². The molecule has 0 bridgehead atoms. The molecule has 0 saturated heterocycles. The second kappa shape index (κ2) is 43.2. The van der Waals surface area contributed by atoms with Gasteiger partial charge in [-0.15, -0.1) is 68.0 Å². The Morgan fingerprint density at radius 3 is 0.465 bits per heavy atom. The zero-order chi connectivity index (χ0) is 101. The fraction of sp³-hybridized carbons (Fsp3) is 0.188. The van der Waals surface area contributed by atoms with Crippen molar-refractivity contribution in [3.63, 3.8) is 0 Å². The van der Waals surface area contributed by atoms with Crippen molar-refractivity contribution in [2.45, 2.75) is 67.2 Å². The lowest BCUT2D eigenvalue weighted by atomic mass is 10.1. The third kappa shape index (κ3) is 19.5. The zero-order valence-corrected chi connectivity index (χ0v) is 89.9. The van der Waals surface area contributed by atoms with Crippen molar-refractivity contribution in [1.29, 1.82) is 0 Å². The van der Waals surface area contributed by atoms with Crippen molar-refractivity contribution in [3.05, 3.63) is 337 Å². The molecule has 24 rings (SSSR count). The highest BCUT2D eigenvalue weighted by molar-refractivity contribution is 8.00. The normalized spacial score (nSPS) is 16.3. The van der Waals surface area contributed by atoms with E-state index in [1.807, 2.05) is 109 Å². The van der Waals surface area contributed by atoms with Crippen LogP contribution in [0.3, 0.4) is 0 Å². The smallest absolute Gasteiger partial charge is 0.345 e. The number of thioether (sulfide) groups is 6. The van der Waals surface area contributed by atoms with Crippen LogP contribution in [0.25, 0.3) is 66.8 Å². The summed E-state index contributed by atoms with van der Waals surface area (Å²) in [5.74, 6) is 2.46. The number of benzene rings is 6. The summed E-state index contributed by atoms with van der Waals surface area (Å²) in [4.78, 5) is 109. The van der Waals surface area contributed by atoms with Crippen LogP contribution >= 0.6 is 208 Å². The number of fused-ring (bicyclic) bond motifs is 6. The maximum atomic E-state index is 13.1. The molecule has 0 spiro atoms. The Morgan fingerprint density at radius 1 is 0.229 bits per heavy atom. The summed E-state index contributed by atoms with van der Waals surface area (Å²) in [7, 11) is 10.2. The maximum absolute atomic E-state index is 13.1. The van der Waals surface area contributed by atoms with Gasteiger partial charge in [0, 0.05) is 37.2 Å². The lowest BCUT2D eigenvalue weighted by molar-refractivity contribution is -0.751. The summed E-state index contributed by atoms with van der Waals surface area (Å²) in [6.07, 6.45) is 10.2. The molecule has 6 atom stereocenters. The molecule has 18 aromatic rings. The second-order valence-electron chi connectivity index (χ2n) is 32.4. The van der Waals surface area contributed by atoms with E-state index in [1.54, 1.807) is 207 Å². The molecule has 732 valence electrons. The molecule has 0 amide bonds. The molecule has 48 heteroatoms. The van der Waals surface area contributed by atoms with Gasteiger partial charge in [0.15, 0.2) is 63.1 Å². The third-order valence-corrected chi connectivity index (χ3v) is 38.6. The number of hydrogen-bond donors (Lipinski definition) is 0. The quantitative estimate of drug-likeness (QED) is 0.0809. The molecule has 0 N–H and O–H groups in total. The van der Waals surface area contributed by atoms with Gasteiger partial charge in [-0.3, -0.25) is 0 Å². The first-order valence-electron chi connectivity index (χ1n) is 43.4. The van der Waals surface area contributed by atoms with Gasteiger partial charge in [-0.25, -0.2) is 86.1 Å². The Hall–Kier alpha value is -11.0. The van der Waals surface area contributed by atoms with E-state index in [0.717, 1.165) is 29.3 Å². The van der Waals surface area contributed by atoms with Crippen molar-refractivity contribution in [3.8, 4) is 102 Å². The monoisotopic (exact) mass is 2260 g/mol. The largest absolute Gasteiger partial charge is 0.842 e. The van der Waals surface area contributed by atoms with E-state index < -0.39 is 0 Å². The number of thiazole rings is 6. The lowest BCUT2D eigenvalue weighted by Crippen LogP contribution is -2.43. The summed E-state index contributed by atoms with van der Waals surface area (Å²) < 4.78 is 22.2. The van der Waals surface area contributed by atoms with Crippen LogP contribution in [0.15, 0.2) is 279 Å². The predicted octanol–water partition coefficient (Wildman–Crippen LogP) is 13.3. The van der Waals surface area contributed by atoms with Gasteiger partial charge in [-0.1, -0.05) is 252 Å². The van der Waals surface area contributed by atoms with Crippen molar-refractivity contribution in [1.82, 2.24) is 57.3 Å². The predicted molar refractivity (Wildman–Crippen MR) is 556 cm³/mol. The minimum absolute atomic E-state index is 0.156. The highest BCUT2D eigenvalue weighted by atomic mass is 35.5. The van der Waals surface area contributed by atoms with Crippen LogP contribution in [-0.4, -0.2) is 91.8 Å². The molecule has 6 aliphatic rings. The standard InChI is InChI=1S/6C16H12ClN3O2S2/c6*1-19-13(21)12(9-5-3-2-4-6-9)14(22)20-10(8-23-16(19)20)11-7-18-15(17)24-11/h6*2-7,10H,8H2,1H3. The molecule has 18 heterocycles. The van der Waals surface area contributed by atoms with Gasteiger partial charge in [0.25, 0.3) is 0 Å². The van der Waals surface area contributed by atoms with Gasteiger partial charge in [-0.2, -0.15) is 27.4 Å². The highest BCUT2D eigenvalue weighted by Gasteiger charge is 2.45. The van der Waals surface area contributed by atoms with Gasteiger partial charge in [0.05, 0.1) is 141 Å². The number of rotatable bonds is 12. The van der Waals surface area contributed by atoms with Gasteiger partial charge in [0.1, 0.15) is 33.4 Å². The number of hydrogen-bond acceptors (Lipinski definition) is 30. The molecule has 12 aromatic heterocycles. The summed E-state index contributed by atoms with van der Waals surface area (Å²) in [6.45, 7) is 0. The summed E-state index contributed by atoms with van der Waals surface area (Å²) in [6, 6.07) is 53.5.